The zero-order valence-corrected chi connectivity index (χ0v) is 17.0. The number of rotatable bonds is 5. The van der Waals surface area contributed by atoms with Crippen LogP contribution < -0.4 is 15.4 Å². The summed E-state index contributed by atoms with van der Waals surface area (Å²) in [6.45, 7) is 1.91. The maximum atomic E-state index is 12.2. The predicted octanol–water partition coefficient (Wildman–Crippen LogP) is 3.17. The monoisotopic (exact) mass is 418 g/mol. The van der Waals surface area contributed by atoms with Crippen LogP contribution in [0.3, 0.4) is 0 Å². The Hall–Kier alpha value is -3.72. The van der Waals surface area contributed by atoms with Crippen molar-refractivity contribution in [1.29, 1.82) is 0 Å². The molecule has 1 saturated heterocycles. The molecule has 2 aromatic heterocycles. The molecule has 4 aromatic rings. The van der Waals surface area contributed by atoms with E-state index < -0.39 is 5.97 Å². The number of H-pyrrole nitrogens is 1. The van der Waals surface area contributed by atoms with Crippen LogP contribution in [0.4, 0.5) is 11.6 Å². The number of benzene rings is 2. The second-order valence-corrected chi connectivity index (χ2v) is 7.43. The van der Waals surface area contributed by atoms with Gasteiger partial charge >= 0.3 is 5.97 Å². The Morgan fingerprint density at radius 3 is 2.90 bits per heavy atom. The standard InChI is InChI=1S/C22H22N6O3/c1-30-21(29)16-9-14(10-18-17(16)12-25-28-18)26-22-24-11-13-3-2-4-19(20(13)27-22)31-15-5-7-23-8-6-15/h2-4,9-12,15,23H,5-8H2,1H3,(H,25,28)(H,24,26,27). The van der Waals surface area contributed by atoms with Crippen LogP contribution in [0.2, 0.25) is 0 Å². The third-order valence-electron chi connectivity index (χ3n) is 5.37. The Bertz CT molecular complexity index is 1250. The average molecular weight is 418 g/mol. The van der Waals surface area contributed by atoms with E-state index in [0.29, 0.717) is 28.1 Å². The summed E-state index contributed by atoms with van der Waals surface area (Å²) in [5.41, 5.74) is 2.51. The zero-order valence-electron chi connectivity index (χ0n) is 17.0. The molecule has 9 heteroatoms. The van der Waals surface area contributed by atoms with E-state index in [0.717, 1.165) is 42.6 Å². The lowest BCUT2D eigenvalue weighted by atomic mass is 10.1. The van der Waals surface area contributed by atoms with Gasteiger partial charge in [-0.05, 0) is 44.1 Å². The molecular formula is C22H22N6O3. The minimum atomic E-state index is -0.438. The van der Waals surface area contributed by atoms with E-state index in [1.165, 1.54) is 7.11 Å². The number of aromatic amines is 1. The summed E-state index contributed by atoms with van der Waals surface area (Å²) < 4.78 is 11.2. The van der Waals surface area contributed by atoms with Crippen LogP contribution in [0.5, 0.6) is 5.75 Å². The number of nitrogens with zero attached hydrogens (tertiary/aromatic N) is 3. The van der Waals surface area contributed by atoms with Crippen molar-refractivity contribution in [3.05, 3.63) is 48.3 Å². The Morgan fingerprint density at radius 1 is 1.19 bits per heavy atom. The summed E-state index contributed by atoms with van der Waals surface area (Å²) in [7, 11) is 1.35. The van der Waals surface area contributed by atoms with E-state index in [1.807, 2.05) is 24.3 Å². The van der Waals surface area contributed by atoms with Crippen molar-refractivity contribution in [2.45, 2.75) is 18.9 Å². The van der Waals surface area contributed by atoms with E-state index >= 15 is 0 Å². The molecule has 0 bridgehead atoms. The van der Waals surface area contributed by atoms with Gasteiger partial charge in [-0.3, -0.25) is 5.10 Å². The quantitative estimate of drug-likeness (QED) is 0.424. The summed E-state index contributed by atoms with van der Waals surface area (Å²) >= 11 is 0. The number of methoxy groups -OCH3 is 1. The number of hydrogen-bond acceptors (Lipinski definition) is 8. The number of anilines is 2. The van der Waals surface area contributed by atoms with Gasteiger partial charge in [0.1, 0.15) is 17.4 Å². The first-order valence-electron chi connectivity index (χ1n) is 10.2. The minimum absolute atomic E-state index is 0.170. The van der Waals surface area contributed by atoms with Crippen LogP contribution in [-0.4, -0.2) is 52.4 Å². The Kier molecular flexibility index (Phi) is 5.09. The molecule has 0 saturated carbocycles. The molecule has 0 aliphatic carbocycles. The summed E-state index contributed by atoms with van der Waals surface area (Å²) in [6, 6.07) is 9.39. The number of carbonyl (C=O) groups excluding carboxylic acids is 1. The van der Waals surface area contributed by atoms with Gasteiger partial charge in [-0.2, -0.15) is 5.10 Å². The van der Waals surface area contributed by atoms with E-state index in [2.05, 4.69) is 25.8 Å². The number of hydrogen-bond donors (Lipinski definition) is 3. The van der Waals surface area contributed by atoms with Crippen molar-refractivity contribution in [2.24, 2.45) is 0 Å². The van der Waals surface area contributed by atoms with Gasteiger partial charge in [-0.1, -0.05) is 12.1 Å². The number of carbonyl (C=O) groups is 1. The number of esters is 1. The first kappa shape index (κ1) is 19.3. The SMILES string of the molecule is COC(=O)c1cc(Nc2ncc3cccc(OC4CCNCC4)c3n2)cc2[nH]ncc12. The van der Waals surface area contributed by atoms with Gasteiger partial charge in [-0.15, -0.1) is 0 Å². The topological polar surface area (TPSA) is 114 Å². The molecule has 1 aliphatic rings. The average Bonchev–Trinajstić information content (AvgIpc) is 3.28. The van der Waals surface area contributed by atoms with Crippen molar-refractivity contribution < 1.29 is 14.3 Å². The van der Waals surface area contributed by atoms with Crippen LogP contribution in [0.25, 0.3) is 21.8 Å². The number of aromatic nitrogens is 4. The molecule has 1 aliphatic heterocycles. The van der Waals surface area contributed by atoms with Gasteiger partial charge in [0.15, 0.2) is 0 Å². The van der Waals surface area contributed by atoms with Gasteiger partial charge in [0.25, 0.3) is 0 Å². The highest BCUT2D eigenvalue weighted by Gasteiger charge is 2.17. The van der Waals surface area contributed by atoms with Crippen molar-refractivity contribution in [3.63, 3.8) is 0 Å². The maximum Gasteiger partial charge on any atom is 0.338 e. The van der Waals surface area contributed by atoms with Gasteiger partial charge < -0.3 is 20.1 Å². The van der Waals surface area contributed by atoms with Gasteiger partial charge in [-0.25, -0.2) is 14.8 Å². The Morgan fingerprint density at radius 2 is 2.06 bits per heavy atom. The lowest BCUT2D eigenvalue weighted by Crippen LogP contribution is -2.34. The summed E-state index contributed by atoms with van der Waals surface area (Å²) in [5, 5.41) is 15.0. The number of nitrogens with one attached hydrogen (secondary N) is 3. The lowest BCUT2D eigenvalue weighted by Gasteiger charge is -2.24. The smallest absolute Gasteiger partial charge is 0.338 e. The van der Waals surface area contributed by atoms with E-state index in [9.17, 15) is 4.79 Å². The molecule has 9 nitrogen and oxygen atoms in total. The Balaban J connectivity index is 1.48. The van der Waals surface area contributed by atoms with Gasteiger partial charge in [0.05, 0.1) is 24.4 Å². The van der Waals surface area contributed by atoms with Crippen LogP contribution in [0.15, 0.2) is 42.7 Å². The lowest BCUT2D eigenvalue weighted by molar-refractivity contribution is 0.0603. The fraction of sp³-hybridized carbons (Fsp3) is 0.273. The molecule has 3 heterocycles. The molecular weight excluding hydrogens is 396 g/mol. The first-order valence-corrected chi connectivity index (χ1v) is 10.2. The molecule has 5 rings (SSSR count). The third-order valence-corrected chi connectivity index (χ3v) is 5.37. The van der Waals surface area contributed by atoms with E-state index in [1.54, 1.807) is 18.5 Å². The number of para-hydroxylation sites is 1. The summed E-state index contributed by atoms with van der Waals surface area (Å²) in [6.07, 6.45) is 5.46. The molecule has 0 amide bonds. The fourth-order valence-electron chi connectivity index (χ4n) is 3.81. The molecule has 2 aromatic carbocycles. The number of fused-ring (bicyclic) bond motifs is 2. The Labute approximate surface area is 178 Å². The van der Waals surface area contributed by atoms with E-state index in [4.69, 9.17) is 14.5 Å². The third kappa shape index (κ3) is 3.87. The van der Waals surface area contributed by atoms with Crippen molar-refractivity contribution in [2.75, 3.05) is 25.5 Å². The van der Waals surface area contributed by atoms with Gasteiger partial charge in [0, 0.05) is 22.7 Å². The van der Waals surface area contributed by atoms with Crippen LogP contribution in [0.1, 0.15) is 23.2 Å². The highest BCUT2D eigenvalue weighted by molar-refractivity contribution is 6.05. The maximum absolute atomic E-state index is 12.2. The van der Waals surface area contributed by atoms with Crippen molar-refractivity contribution >= 4 is 39.4 Å². The fourth-order valence-corrected chi connectivity index (χ4v) is 3.81. The molecule has 158 valence electrons. The molecule has 0 unspecified atom stereocenters. The molecule has 1 fully saturated rings. The molecule has 31 heavy (non-hydrogen) atoms. The zero-order chi connectivity index (χ0) is 21.2. The summed E-state index contributed by atoms with van der Waals surface area (Å²) in [5.74, 6) is 0.713. The van der Waals surface area contributed by atoms with Crippen molar-refractivity contribution in [3.8, 4) is 5.75 Å². The number of piperidine rings is 1. The largest absolute Gasteiger partial charge is 0.488 e. The van der Waals surface area contributed by atoms with Gasteiger partial charge in [0.2, 0.25) is 5.95 Å². The van der Waals surface area contributed by atoms with E-state index in [-0.39, 0.29) is 6.10 Å². The van der Waals surface area contributed by atoms with Crippen LogP contribution in [-0.2, 0) is 4.74 Å². The summed E-state index contributed by atoms with van der Waals surface area (Å²) in [4.78, 5) is 21.3. The highest BCUT2D eigenvalue weighted by atomic mass is 16.5. The molecule has 0 atom stereocenters. The molecule has 0 spiro atoms. The second kappa shape index (κ2) is 8.19. The molecule has 0 radical (unpaired) electrons. The van der Waals surface area contributed by atoms with Crippen molar-refractivity contribution in [1.82, 2.24) is 25.5 Å². The predicted molar refractivity (Wildman–Crippen MR) is 117 cm³/mol. The van der Waals surface area contributed by atoms with Crippen LogP contribution in [0, 0.1) is 0 Å². The first-order chi connectivity index (χ1) is 15.2. The minimum Gasteiger partial charge on any atom is -0.488 e. The second-order valence-electron chi connectivity index (χ2n) is 7.43. The normalized spacial score (nSPS) is 14.6. The molecule has 3 N–H and O–H groups in total. The number of ether oxygens (including phenoxy) is 2. The van der Waals surface area contributed by atoms with Crippen LogP contribution >= 0.6 is 0 Å². The highest BCUT2D eigenvalue weighted by Crippen LogP contribution is 2.28.